The van der Waals surface area contributed by atoms with Crippen LogP contribution in [0.1, 0.15) is 5.56 Å². The molecule has 6 heteroatoms. The van der Waals surface area contributed by atoms with Crippen molar-refractivity contribution in [2.75, 3.05) is 5.32 Å². The highest BCUT2D eigenvalue weighted by Gasteiger charge is 2.07. The van der Waals surface area contributed by atoms with E-state index in [0.717, 1.165) is 5.69 Å². The molecule has 2 N–H and O–H groups in total. The molecule has 2 aromatic rings. The van der Waals surface area contributed by atoms with Crippen LogP contribution in [0, 0.1) is 0 Å². The number of anilines is 1. The van der Waals surface area contributed by atoms with Gasteiger partial charge in [-0.3, -0.25) is 0 Å². The number of aromatic nitrogens is 2. The van der Waals surface area contributed by atoms with Gasteiger partial charge in [0.05, 0.1) is 23.1 Å². The Kier molecular flexibility index (Phi) is 3.66. The third-order valence-electron chi connectivity index (χ3n) is 2.15. The van der Waals surface area contributed by atoms with Crippen LogP contribution < -0.4 is 5.32 Å². The van der Waals surface area contributed by atoms with Crippen molar-refractivity contribution in [3.8, 4) is 5.75 Å². The van der Waals surface area contributed by atoms with Gasteiger partial charge in [-0.25, -0.2) is 9.97 Å². The molecule has 0 fully saturated rings. The maximum atomic E-state index is 9.74. The van der Waals surface area contributed by atoms with Gasteiger partial charge in [-0.2, -0.15) is 0 Å². The molecule has 0 atom stereocenters. The highest BCUT2D eigenvalue weighted by atomic mass is 35.5. The Morgan fingerprint density at radius 1 is 1.18 bits per heavy atom. The molecule has 0 aliphatic carbocycles. The molecule has 0 unspecified atom stereocenters. The number of hydrogen-bond donors (Lipinski definition) is 2. The van der Waals surface area contributed by atoms with Crippen molar-refractivity contribution in [1.82, 2.24) is 9.97 Å². The van der Waals surface area contributed by atoms with Gasteiger partial charge in [0, 0.05) is 17.1 Å². The Labute approximate surface area is 108 Å². The van der Waals surface area contributed by atoms with Crippen LogP contribution in [0.4, 0.5) is 5.69 Å². The Balaban J connectivity index is 2.14. The van der Waals surface area contributed by atoms with E-state index < -0.39 is 0 Å². The van der Waals surface area contributed by atoms with Crippen molar-refractivity contribution < 1.29 is 5.11 Å². The summed E-state index contributed by atoms with van der Waals surface area (Å²) in [6.45, 7) is 0.388. The third kappa shape index (κ3) is 2.99. The highest BCUT2D eigenvalue weighted by molar-refractivity contribution is 6.35. The number of halogens is 2. The summed E-state index contributed by atoms with van der Waals surface area (Å²) in [4.78, 5) is 7.73. The summed E-state index contributed by atoms with van der Waals surface area (Å²) in [5.41, 5.74) is 1.37. The van der Waals surface area contributed by atoms with Crippen LogP contribution in [-0.2, 0) is 6.54 Å². The predicted molar refractivity (Wildman–Crippen MR) is 67.5 cm³/mol. The minimum atomic E-state index is 0.0282. The zero-order valence-electron chi connectivity index (χ0n) is 8.69. The average molecular weight is 270 g/mol. The van der Waals surface area contributed by atoms with Crippen molar-refractivity contribution in [3.05, 3.63) is 46.5 Å². The number of rotatable bonds is 3. The maximum absolute atomic E-state index is 9.74. The van der Waals surface area contributed by atoms with Crippen molar-refractivity contribution in [1.29, 1.82) is 0 Å². The number of phenolic OH excluding ortho intramolecular Hbond substituents is 1. The van der Waals surface area contributed by atoms with E-state index in [9.17, 15) is 5.11 Å². The van der Waals surface area contributed by atoms with Gasteiger partial charge in [-0.1, -0.05) is 23.2 Å². The first-order valence-corrected chi connectivity index (χ1v) is 5.58. The molecule has 0 radical (unpaired) electrons. The first-order valence-electron chi connectivity index (χ1n) is 4.82. The lowest BCUT2D eigenvalue weighted by atomic mass is 10.2. The van der Waals surface area contributed by atoms with Crippen LogP contribution in [-0.4, -0.2) is 15.1 Å². The normalized spacial score (nSPS) is 10.2. The minimum Gasteiger partial charge on any atom is -0.506 e. The Hall–Kier alpha value is -1.52. The zero-order chi connectivity index (χ0) is 12.3. The van der Waals surface area contributed by atoms with Gasteiger partial charge in [-0.15, -0.1) is 0 Å². The average Bonchev–Trinajstić information content (AvgIpc) is 2.33. The molecule has 0 saturated carbocycles. The molecule has 1 heterocycles. The molecule has 0 bridgehead atoms. The zero-order valence-corrected chi connectivity index (χ0v) is 10.2. The third-order valence-corrected chi connectivity index (χ3v) is 2.66. The first kappa shape index (κ1) is 12.0. The van der Waals surface area contributed by atoms with Gasteiger partial charge in [0.25, 0.3) is 0 Å². The molecule has 4 nitrogen and oxygen atoms in total. The maximum Gasteiger partial charge on any atom is 0.139 e. The van der Waals surface area contributed by atoms with E-state index in [0.29, 0.717) is 17.1 Å². The molecular formula is C11H9Cl2N3O. The van der Waals surface area contributed by atoms with Crippen molar-refractivity contribution in [2.24, 2.45) is 0 Å². The Morgan fingerprint density at radius 2 is 1.88 bits per heavy atom. The fourth-order valence-corrected chi connectivity index (χ4v) is 1.88. The van der Waals surface area contributed by atoms with E-state index in [-0.39, 0.29) is 10.8 Å². The van der Waals surface area contributed by atoms with E-state index in [2.05, 4.69) is 15.3 Å². The fourth-order valence-electron chi connectivity index (χ4n) is 1.34. The van der Waals surface area contributed by atoms with Gasteiger partial charge < -0.3 is 10.4 Å². The van der Waals surface area contributed by atoms with E-state index >= 15 is 0 Å². The second kappa shape index (κ2) is 5.21. The lowest BCUT2D eigenvalue weighted by Gasteiger charge is -2.09. The van der Waals surface area contributed by atoms with Crippen LogP contribution >= 0.6 is 23.2 Å². The van der Waals surface area contributed by atoms with Crippen molar-refractivity contribution in [3.63, 3.8) is 0 Å². The number of nitrogens with zero attached hydrogens (tertiary/aromatic N) is 2. The quantitative estimate of drug-likeness (QED) is 0.899. The molecule has 88 valence electrons. The smallest absolute Gasteiger partial charge is 0.139 e. The van der Waals surface area contributed by atoms with Gasteiger partial charge in [0.1, 0.15) is 12.1 Å². The Morgan fingerprint density at radius 3 is 2.59 bits per heavy atom. The van der Waals surface area contributed by atoms with Crippen LogP contribution in [0.5, 0.6) is 5.75 Å². The molecule has 0 amide bonds. The number of nitrogens with one attached hydrogen (secondary N) is 1. The predicted octanol–water partition coefficient (Wildman–Crippen LogP) is 3.10. The topological polar surface area (TPSA) is 58.0 Å². The monoisotopic (exact) mass is 269 g/mol. The van der Waals surface area contributed by atoms with Crippen LogP contribution in [0.15, 0.2) is 30.9 Å². The second-order valence-electron chi connectivity index (χ2n) is 3.38. The summed E-state index contributed by atoms with van der Waals surface area (Å²) in [6, 6.07) is 3.15. The summed E-state index contributed by atoms with van der Waals surface area (Å²) in [5, 5.41) is 13.5. The van der Waals surface area contributed by atoms with E-state index in [1.165, 1.54) is 12.4 Å². The molecule has 17 heavy (non-hydrogen) atoms. The molecule has 0 aliphatic rings. The number of benzene rings is 1. The molecule has 0 spiro atoms. The van der Waals surface area contributed by atoms with E-state index in [1.807, 2.05) is 0 Å². The van der Waals surface area contributed by atoms with Crippen LogP contribution in [0.25, 0.3) is 0 Å². The molecule has 2 rings (SSSR count). The molecule has 1 aromatic carbocycles. The summed E-state index contributed by atoms with van der Waals surface area (Å²) in [5.74, 6) is 0.0282. The lowest BCUT2D eigenvalue weighted by Crippen LogP contribution is -2.00. The second-order valence-corrected chi connectivity index (χ2v) is 4.22. The van der Waals surface area contributed by atoms with Gasteiger partial charge in [-0.05, 0) is 12.1 Å². The van der Waals surface area contributed by atoms with Gasteiger partial charge in [0.2, 0.25) is 0 Å². The van der Waals surface area contributed by atoms with Crippen molar-refractivity contribution in [2.45, 2.75) is 6.54 Å². The lowest BCUT2D eigenvalue weighted by molar-refractivity contribution is 0.469. The highest BCUT2D eigenvalue weighted by Crippen LogP contribution is 2.31. The summed E-state index contributed by atoms with van der Waals surface area (Å²) in [6.07, 6.45) is 4.71. The van der Waals surface area contributed by atoms with Crippen molar-refractivity contribution >= 4 is 28.9 Å². The first-order chi connectivity index (χ1) is 8.16. The van der Waals surface area contributed by atoms with Crippen LogP contribution in [0.3, 0.4) is 0 Å². The van der Waals surface area contributed by atoms with E-state index in [4.69, 9.17) is 23.2 Å². The SMILES string of the molecule is Oc1c(Cl)cc(Cl)cc1CNc1cncnc1. The summed E-state index contributed by atoms with van der Waals surface area (Å²) >= 11 is 11.7. The number of hydrogen-bond acceptors (Lipinski definition) is 4. The minimum absolute atomic E-state index is 0.0282. The van der Waals surface area contributed by atoms with Gasteiger partial charge in [0.15, 0.2) is 0 Å². The standard InChI is InChI=1S/C11H9Cl2N3O/c12-8-1-7(11(17)10(13)2-8)3-16-9-4-14-6-15-5-9/h1-2,4-6,16-17H,3H2. The summed E-state index contributed by atoms with van der Waals surface area (Å²) < 4.78 is 0. The number of aromatic hydroxyl groups is 1. The summed E-state index contributed by atoms with van der Waals surface area (Å²) in [7, 11) is 0. The fraction of sp³-hybridized carbons (Fsp3) is 0.0909. The largest absolute Gasteiger partial charge is 0.506 e. The molecule has 0 aliphatic heterocycles. The molecular weight excluding hydrogens is 261 g/mol. The molecule has 1 aromatic heterocycles. The Bertz CT molecular complexity index is 520. The number of phenols is 1. The van der Waals surface area contributed by atoms with Crippen LogP contribution in [0.2, 0.25) is 10.0 Å². The molecule has 0 saturated heterocycles. The van der Waals surface area contributed by atoms with E-state index in [1.54, 1.807) is 18.5 Å². The van der Waals surface area contributed by atoms with Gasteiger partial charge >= 0.3 is 0 Å².